The molecule has 0 N–H and O–H groups in total. The maximum Gasteiger partial charge on any atom is 0.129 e. The van der Waals surface area contributed by atoms with E-state index in [1.165, 1.54) is 5.92 Å². The molecule has 0 unspecified atom stereocenters. The maximum absolute atomic E-state index is 10.3. The molecule has 0 spiro atoms. The van der Waals surface area contributed by atoms with E-state index in [0.717, 1.165) is 6.42 Å². The molecule has 0 aliphatic rings. The normalized spacial score (nSPS) is 10.0. The Balaban J connectivity index is 3.05. The molecule has 1 nitrogen and oxygen atoms in total. The lowest BCUT2D eigenvalue weighted by atomic mass is 10.1. The molecule has 0 atom stereocenters. The summed E-state index contributed by atoms with van der Waals surface area (Å²) < 4.78 is 0. The van der Waals surface area contributed by atoms with Gasteiger partial charge in [0.2, 0.25) is 0 Å². The molecule has 0 aliphatic heterocycles. The van der Waals surface area contributed by atoms with Crippen molar-refractivity contribution in [3.63, 3.8) is 0 Å². The predicted molar refractivity (Wildman–Crippen MR) is 34.5 cm³/mol. The number of rotatable bonds is 3. The van der Waals surface area contributed by atoms with Crippen LogP contribution in [0.25, 0.3) is 0 Å². The van der Waals surface area contributed by atoms with Crippen LogP contribution in [-0.4, -0.2) is 5.78 Å². The van der Waals surface area contributed by atoms with Crippen LogP contribution in [-0.2, 0) is 4.79 Å². The lowest BCUT2D eigenvalue weighted by molar-refractivity contribution is -0.117. The van der Waals surface area contributed by atoms with Gasteiger partial charge in [-0.1, -0.05) is 13.8 Å². The lowest BCUT2D eigenvalue weighted by Crippen LogP contribution is -1.92. The first kappa shape index (κ1) is 7.67. The number of ketones is 1. The fourth-order valence-corrected chi connectivity index (χ4v) is 0.426. The third kappa shape index (κ3) is 5.67. The van der Waals surface area contributed by atoms with Crippen LogP contribution in [0.2, 0.25) is 0 Å². The van der Waals surface area contributed by atoms with E-state index >= 15 is 0 Å². The van der Waals surface area contributed by atoms with Gasteiger partial charge in [0.1, 0.15) is 5.78 Å². The molecule has 47 valence electrons. The molecule has 0 saturated heterocycles. The van der Waals surface area contributed by atoms with Crippen molar-refractivity contribution < 1.29 is 4.79 Å². The molecule has 0 aromatic heterocycles. The maximum atomic E-state index is 10.3. The summed E-state index contributed by atoms with van der Waals surface area (Å²) in [6, 6.07) is 0. The highest BCUT2D eigenvalue weighted by Crippen LogP contribution is 2.05. The van der Waals surface area contributed by atoms with Crippen LogP contribution in [0, 0.1) is 5.92 Å². The highest BCUT2D eigenvalue weighted by atomic mass is 16.1. The first-order valence-electron chi connectivity index (χ1n) is 2.91. The number of hydrogen-bond donors (Lipinski definition) is 0. The molecule has 0 saturated carbocycles. The summed E-state index contributed by atoms with van der Waals surface area (Å²) in [5, 5.41) is 0. The van der Waals surface area contributed by atoms with Crippen molar-refractivity contribution in [1.29, 1.82) is 0 Å². The zero-order valence-electron chi connectivity index (χ0n) is 5.82. The van der Waals surface area contributed by atoms with Gasteiger partial charge >= 0.3 is 0 Å². The van der Waals surface area contributed by atoms with Gasteiger partial charge in [-0.2, -0.15) is 0 Å². The van der Waals surface area contributed by atoms with Crippen LogP contribution in [0.4, 0.5) is 0 Å². The van der Waals surface area contributed by atoms with Crippen LogP contribution >= 0.6 is 0 Å². The topological polar surface area (TPSA) is 17.1 Å². The molecule has 1 heteroatoms. The van der Waals surface area contributed by atoms with Crippen LogP contribution in [0.3, 0.4) is 0 Å². The van der Waals surface area contributed by atoms with E-state index in [1.807, 2.05) is 13.8 Å². The fourth-order valence-electron chi connectivity index (χ4n) is 0.426. The minimum absolute atomic E-state index is 0.284. The highest BCUT2D eigenvalue weighted by molar-refractivity contribution is 5.75. The van der Waals surface area contributed by atoms with Crippen molar-refractivity contribution in [2.75, 3.05) is 0 Å². The monoisotopic (exact) mass is 113 g/mol. The Kier molecular flexibility index (Phi) is 3.49. The lowest BCUT2D eigenvalue weighted by Gasteiger charge is -1.97. The molecule has 0 bridgehead atoms. The Morgan fingerprint density at radius 2 is 1.62 bits per heavy atom. The number of hydrogen-bond acceptors (Lipinski definition) is 1. The molecule has 0 rings (SSSR count). The summed E-state index contributed by atoms with van der Waals surface area (Å²) in [7, 11) is 0. The number of carbonyl (C=O) groups excluding carboxylic acids is 1. The Bertz CT molecular complexity index is 74.5. The third-order valence-electron chi connectivity index (χ3n) is 0.977. The quantitative estimate of drug-likeness (QED) is 0.547. The highest BCUT2D eigenvalue weighted by Gasteiger charge is 1.95. The SMILES string of the molecule is C[C](C)CCC(C)=O. The van der Waals surface area contributed by atoms with E-state index in [1.54, 1.807) is 6.92 Å². The molecular formula is C7H13O. The van der Waals surface area contributed by atoms with Crippen molar-refractivity contribution in [2.24, 2.45) is 0 Å². The van der Waals surface area contributed by atoms with Crippen LogP contribution in [0.5, 0.6) is 0 Å². The second-order valence-electron chi connectivity index (χ2n) is 2.41. The largest absolute Gasteiger partial charge is 0.300 e. The second-order valence-corrected chi connectivity index (χ2v) is 2.41. The van der Waals surface area contributed by atoms with E-state index in [-0.39, 0.29) is 5.78 Å². The Morgan fingerprint density at radius 1 is 1.12 bits per heavy atom. The summed E-state index contributed by atoms with van der Waals surface area (Å²) in [5.41, 5.74) is 0. The molecule has 0 aliphatic carbocycles. The van der Waals surface area contributed by atoms with Crippen molar-refractivity contribution in [2.45, 2.75) is 33.6 Å². The number of carbonyl (C=O) groups is 1. The molecule has 0 fully saturated rings. The van der Waals surface area contributed by atoms with Gasteiger partial charge in [-0.05, 0) is 19.3 Å². The standard InChI is InChI=1S/C7H13O/c1-6(2)4-5-7(3)8/h4-5H2,1-3H3. The second kappa shape index (κ2) is 3.65. The number of Topliss-reactive ketones (excluding diaryl/α,β-unsaturated/α-hetero) is 1. The van der Waals surface area contributed by atoms with Gasteiger partial charge in [-0.3, -0.25) is 0 Å². The summed E-state index contributed by atoms with van der Waals surface area (Å²) in [6.07, 6.45) is 1.66. The molecule has 0 heterocycles. The summed E-state index contributed by atoms with van der Waals surface area (Å²) in [5.74, 6) is 1.62. The van der Waals surface area contributed by atoms with Gasteiger partial charge in [-0.25, -0.2) is 0 Å². The zero-order valence-corrected chi connectivity index (χ0v) is 5.82. The van der Waals surface area contributed by atoms with E-state index in [2.05, 4.69) is 0 Å². The van der Waals surface area contributed by atoms with Gasteiger partial charge in [0.15, 0.2) is 0 Å². The molecular weight excluding hydrogens is 100 g/mol. The minimum atomic E-state index is 0.284. The van der Waals surface area contributed by atoms with Gasteiger partial charge in [0.05, 0.1) is 0 Å². The summed E-state index contributed by atoms with van der Waals surface area (Å²) in [6.45, 7) is 5.72. The molecule has 0 amide bonds. The first-order valence-corrected chi connectivity index (χ1v) is 2.91. The summed E-state index contributed by atoms with van der Waals surface area (Å²) in [4.78, 5) is 10.3. The van der Waals surface area contributed by atoms with E-state index < -0.39 is 0 Å². The van der Waals surface area contributed by atoms with E-state index in [4.69, 9.17) is 0 Å². The molecule has 0 aromatic carbocycles. The first-order chi connectivity index (χ1) is 3.63. The smallest absolute Gasteiger partial charge is 0.129 e. The van der Waals surface area contributed by atoms with Gasteiger partial charge in [0, 0.05) is 6.42 Å². The van der Waals surface area contributed by atoms with E-state index in [0.29, 0.717) is 6.42 Å². The van der Waals surface area contributed by atoms with Gasteiger partial charge < -0.3 is 4.79 Å². The van der Waals surface area contributed by atoms with E-state index in [9.17, 15) is 4.79 Å². The van der Waals surface area contributed by atoms with Crippen molar-refractivity contribution >= 4 is 5.78 Å². The van der Waals surface area contributed by atoms with Gasteiger partial charge in [-0.15, -0.1) is 0 Å². The molecule has 1 radical (unpaired) electrons. The van der Waals surface area contributed by atoms with Crippen molar-refractivity contribution in [3.8, 4) is 0 Å². The van der Waals surface area contributed by atoms with Crippen LogP contribution in [0.1, 0.15) is 33.6 Å². The minimum Gasteiger partial charge on any atom is -0.300 e. The Labute approximate surface area is 51.1 Å². The molecule has 8 heavy (non-hydrogen) atoms. The van der Waals surface area contributed by atoms with Crippen molar-refractivity contribution in [1.82, 2.24) is 0 Å². The van der Waals surface area contributed by atoms with Crippen LogP contribution < -0.4 is 0 Å². The average Bonchev–Trinajstić information content (AvgIpc) is 1.61. The van der Waals surface area contributed by atoms with Gasteiger partial charge in [0.25, 0.3) is 0 Å². The Morgan fingerprint density at radius 3 is 1.75 bits per heavy atom. The van der Waals surface area contributed by atoms with Crippen molar-refractivity contribution in [3.05, 3.63) is 5.92 Å². The van der Waals surface area contributed by atoms with Crippen LogP contribution in [0.15, 0.2) is 0 Å². The Hall–Kier alpha value is -0.330. The third-order valence-corrected chi connectivity index (χ3v) is 0.977. The predicted octanol–water partition coefficient (Wildman–Crippen LogP) is 1.97. The fraction of sp³-hybridized carbons (Fsp3) is 0.714. The average molecular weight is 113 g/mol. The summed E-state index contributed by atoms with van der Waals surface area (Å²) >= 11 is 0. The molecule has 0 aromatic rings. The zero-order chi connectivity index (χ0) is 6.57.